The van der Waals surface area contributed by atoms with E-state index in [1.165, 1.54) is 6.39 Å². The van der Waals surface area contributed by atoms with Crippen molar-refractivity contribution in [2.45, 2.75) is 31.6 Å². The number of benzene rings is 2. The fourth-order valence-corrected chi connectivity index (χ4v) is 3.44. The average molecular weight is 389 g/mol. The lowest BCUT2D eigenvalue weighted by molar-refractivity contribution is -0.0627. The predicted octanol–water partition coefficient (Wildman–Crippen LogP) is 3.22. The minimum Gasteiger partial charge on any atom is -0.485 e. The first-order chi connectivity index (χ1) is 13.9. The minimum atomic E-state index is -1.04. The van der Waals surface area contributed by atoms with Crippen LogP contribution in [0.5, 0.6) is 5.75 Å². The number of oxazole rings is 1. The second-order valence-electron chi connectivity index (χ2n) is 7.36. The predicted molar refractivity (Wildman–Crippen MR) is 104 cm³/mol. The number of nitriles is 1. The Morgan fingerprint density at radius 2 is 2.00 bits per heavy atom. The van der Waals surface area contributed by atoms with Crippen LogP contribution >= 0.6 is 0 Å². The minimum absolute atomic E-state index is 0.116. The highest BCUT2D eigenvalue weighted by molar-refractivity contribution is 5.97. The van der Waals surface area contributed by atoms with Gasteiger partial charge in [-0.2, -0.15) is 5.26 Å². The van der Waals surface area contributed by atoms with E-state index in [4.69, 9.17) is 9.15 Å². The topological polar surface area (TPSA) is 108 Å². The molecule has 0 fully saturated rings. The molecule has 0 spiro atoms. The van der Waals surface area contributed by atoms with Crippen molar-refractivity contribution in [3.8, 4) is 23.1 Å². The summed E-state index contributed by atoms with van der Waals surface area (Å²) in [6.07, 6.45) is 0.170. The van der Waals surface area contributed by atoms with Gasteiger partial charge in [0.05, 0.1) is 17.7 Å². The van der Waals surface area contributed by atoms with Crippen LogP contribution in [0.15, 0.2) is 59.3 Å². The lowest BCUT2D eigenvalue weighted by Crippen LogP contribution is -2.53. The SMILES string of the molecule is CC1(C)Oc2ccc(C#N)cc2[C@@H](NC(=O)c2ncoc2-c2ccccc2)[C@@H]1O. The molecular formula is C22H19N3O4. The van der Waals surface area contributed by atoms with Gasteiger partial charge in [0.25, 0.3) is 5.91 Å². The molecule has 0 unspecified atom stereocenters. The van der Waals surface area contributed by atoms with Crippen molar-refractivity contribution < 1.29 is 19.1 Å². The molecule has 2 N–H and O–H groups in total. The van der Waals surface area contributed by atoms with Gasteiger partial charge in [-0.15, -0.1) is 0 Å². The third-order valence-electron chi connectivity index (χ3n) is 4.98. The molecule has 4 rings (SSSR count). The quantitative estimate of drug-likeness (QED) is 0.712. The lowest BCUT2D eigenvalue weighted by Gasteiger charge is -2.42. The van der Waals surface area contributed by atoms with Gasteiger partial charge in [-0.3, -0.25) is 4.79 Å². The van der Waals surface area contributed by atoms with Crippen molar-refractivity contribution in [3.63, 3.8) is 0 Å². The molecule has 1 amide bonds. The van der Waals surface area contributed by atoms with Crippen molar-refractivity contribution in [3.05, 3.63) is 71.7 Å². The number of nitrogens with zero attached hydrogens (tertiary/aromatic N) is 2. The van der Waals surface area contributed by atoms with Crippen LogP contribution in [0, 0.1) is 11.3 Å². The van der Waals surface area contributed by atoms with Gasteiger partial charge in [0.15, 0.2) is 17.8 Å². The van der Waals surface area contributed by atoms with Crippen molar-refractivity contribution in [2.24, 2.45) is 0 Å². The van der Waals surface area contributed by atoms with E-state index >= 15 is 0 Å². The Morgan fingerprint density at radius 3 is 2.72 bits per heavy atom. The molecule has 3 aromatic rings. The van der Waals surface area contributed by atoms with Crippen LogP contribution in [0.4, 0.5) is 0 Å². The molecule has 0 saturated carbocycles. The van der Waals surface area contributed by atoms with Gasteiger partial charge < -0.3 is 19.6 Å². The van der Waals surface area contributed by atoms with E-state index in [0.29, 0.717) is 22.6 Å². The summed E-state index contributed by atoms with van der Waals surface area (Å²) in [5.41, 5.74) is 0.838. The average Bonchev–Trinajstić information content (AvgIpc) is 3.21. The van der Waals surface area contributed by atoms with E-state index in [0.717, 1.165) is 5.56 Å². The van der Waals surface area contributed by atoms with Crippen LogP contribution in [0.3, 0.4) is 0 Å². The van der Waals surface area contributed by atoms with Crippen molar-refractivity contribution in [1.29, 1.82) is 5.26 Å². The van der Waals surface area contributed by atoms with E-state index in [-0.39, 0.29) is 5.69 Å². The maximum absolute atomic E-state index is 13.0. The Bertz CT molecular complexity index is 1100. The van der Waals surface area contributed by atoms with Gasteiger partial charge in [-0.1, -0.05) is 30.3 Å². The van der Waals surface area contributed by atoms with E-state index in [9.17, 15) is 15.2 Å². The van der Waals surface area contributed by atoms with Gasteiger partial charge in [-0.25, -0.2) is 4.98 Å². The molecule has 0 aliphatic carbocycles. The molecule has 1 aliphatic heterocycles. The zero-order valence-corrected chi connectivity index (χ0v) is 15.9. The highest BCUT2D eigenvalue weighted by atomic mass is 16.5. The van der Waals surface area contributed by atoms with Crippen LogP contribution < -0.4 is 10.1 Å². The Labute approximate surface area is 167 Å². The smallest absolute Gasteiger partial charge is 0.274 e. The number of nitrogens with one attached hydrogen (secondary N) is 1. The third-order valence-corrected chi connectivity index (χ3v) is 4.98. The molecule has 1 aromatic heterocycles. The summed E-state index contributed by atoms with van der Waals surface area (Å²) in [6, 6.07) is 15.4. The monoisotopic (exact) mass is 389 g/mol. The van der Waals surface area contributed by atoms with Crippen LogP contribution in [-0.2, 0) is 0 Å². The molecule has 2 atom stereocenters. The summed E-state index contributed by atoms with van der Waals surface area (Å²) in [6.45, 7) is 3.48. The van der Waals surface area contributed by atoms with Gasteiger partial charge in [-0.05, 0) is 32.0 Å². The van der Waals surface area contributed by atoms with Gasteiger partial charge in [0, 0.05) is 11.1 Å². The lowest BCUT2D eigenvalue weighted by atomic mass is 9.86. The number of rotatable bonds is 3. The number of fused-ring (bicyclic) bond motifs is 1. The Morgan fingerprint density at radius 1 is 1.24 bits per heavy atom. The van der Waals surface area contributed by atoms with Crippen LogP contribution in [0.25, 0.3) is 11.3 Å². The standard InChI is InChI=1S/C22H19N3O4/c1-22(2)20(26)17(15-10-13(11-23)8-9-16(15)29-22)25-21(27)18-19(28-12-24-18)14-6-4-3-5-7-14/h3-10,12,17,20,26H,1-2H3,(H,25,27)/t17-,20+/m1/s1. The number of amides is 1. The zero-order chi connectivity index (χ0) is 20.6. The number of carbonyl (C=O) groups is 1. The van der Waals surface area contributed by atoms with E-state index < -0.39 is 23.7 Å². The summed E-state index contributed by atoms with van der Waals surface area (Å²) in [5.74, 6) is 0.357. The summed E-state index contributed by atoms with van der Waals surface area (Å²) in [5, 5.41) is 22.9. The molecule has 0 radical (unpaired) electrons. The molecule has 1 aliphatic rings. The Kier molecular flexibility index (Phi) is 4.57. The van der Waals surface area contributed by atoms with Crippen LogP contribution in [0.2, 0.25) is 0 Å². The molecule has 2 aromatic carbocycles. The molecule has 146 valence electrons. The normalized spacial score (nSPS) is 19.5. The third kappa shape index (κ3) is 3.35. The largest absolute Gasteiger partial charge is 0.485 e. The summed E-state index contributed by atoms with van der Waals surface area (Å²) in [7, 11) is 0. The van der Waals surface area contributed by atoms with Crippen LogP contribution in [-0.4, -0.2) is 27.7 Å². The van der Waals surface area contributed by atoms with E-state index in [2.05, 4.69) is 16.4 Å². The Balaban J connectivity index is 1.70. The highest BCUT2D eigenvalue weighted by Gasteiger charge is 2.44. The fourth-order valence-electron chi connectivity index (χ4n) is 3.44. The first-order valence-corrected chi connectivity index (χ1v) is 9.11. The molecule has 0 saturated heterocycles. The number of hydrogen-bond acceptors (Lipinski definition) is 6. The summed E-state index contributed by atoms with van der Waals surface area (Å²) >= 11 is 0. The second kappa shape index (κ2) is 7.08. The molecule has 7 nitrogen and oxygen atoms in total. The van der Waals surface area contributed by atoms with E-state index in [1.807, 2.05) is 30.3 Å². The number of aliphatic hydroxyl groups excluding tert-OH is 1. The van der Waals surface area contributed by atoms with Crippen molar-refractivity contribution in [1.82, 2.24) is 10.3 Å². The highest BCUT2D eigenvalue weighted by Crippen LogP contribution is 2.40. The number of aliphatic hydroxyl groups is 1. The summed E-state index contributed by atoms with van der Waals surface area (Å²) < 4.78 is 11.3. The van der Waals surface area contributed by atoms with Crippen molar-refractivity contribution in [2.75, 3.05) is 0 Å². The molecule has 2 heterocycles. The van der Waals surface area contributed by atoms with Crippen LogP contribution in [0.1, 0.15) is 41.5 Å². The second-order valence-corrected chi connectivity index (χ2v) is 7.36. The molecule has 0 bridgehead atoms. The maximum atomic E-state index is 13.0. The number of ether oxygens (including phenoxy) is 1. The van der Waals surface area contributed by atoms with E-state index in [1.54, 1.807) is 32.0 Å². The number of aromatic nitrogens is 1. The number of carbonyl (C=O) groups excluding carboxylic acids is 1. The first-order valence-electron chi connectivity index (χ1n) is 9.11. The fraction of sp³-hybridized carbons (Fsp3) is 0.227. The van der Waals surface area contributed by atoms with Crippen molar-refractivity contribution >= 4 is 5.91 Å². The van der Waals surface area contributed by atoms with Gasteiger partial charge in [0.2, 0.25) is 0 Å². The van der Waals surface area contributed by atoms with Gasteiger partial charge in [0.1, 0.15) is 17.5 Å². The zero-order valence-electron chi connectivity index (χ0n) is 15.9. The molecule has 7 heteroatoms. The molecule has 29 heavy (non-hydrogen) atoms. The number of hydrogen-bond donors (Lipinski definition) is 2. The summed E-state index contributed by atoms with van der Waals surface area (Å²) in [4.78, 5) is 17.1. The van der Waals surface area contributed by atoms with Gasteiger partial charge >= 0.3 is 0 Å². The maximum Gasteiger partial charge on any atom is 0.274 e. The molecular weight excluding hydrogens is 370 g/mol. The first kappa shape index (κ1) is 18.7. The Hall–Kier alpha value is -3.63.